The first-order valence-electron chi connectivity index (χ1n) is 6.47. The van der Waals surface area contributed by atoms with Crippen molar-refractivity contribution in [1.82, 2.24) is 4.31 Å². The third-order valence-electron chi connectivity index (χ3n) is 2.90. The van der Waals surface area contributed by atoms with E-state index in [0.717, 1.165) is 28.6 Å². The van der Waals surface area contributed by atoms with E-state index in [9.17, 15) is 17.6 Å². The van der Waals surface area contributed by atoms with E-state index in [1.165, 1.54) is 19.2 Å². The lowest BCUT2D eigenvalue weighted by Crippen LogP contribution is -2.34. The van der Waals surface area contributed by atoms with Crippen molar-refractivity contribution in [3.8, 4) is 5.75 Å². The molecule has 2 aromatic carbocycles. The van der Waals surface area contributed by atoms with Gasteiger partial charge in [-0.3, -0.25) is 4.79 Å². The Balaban J connectivity index is 2.06. The first-order chi connectivity index (χ1) is 10.8. The van der Waals surface area contributed by atoms with Gasteiger partial charge in [-0.15, -0.1) is 0 Å². The van der Waals surface area contributed by atoms with Gasteiger partial charge in [0.1, 0.15) is 18.1 Å². The Labute approximate surface area is 138 Å². The van der Waals surface area contributed by atoms with E-state index in [4.69, 9.17) is 16.3 Å². The minimum absolute atomic E-state index is 0.114. The van der Waals surface area contributed by atoms with Gasteiger partial charge < -0.3 is 4.74 Å². The summed E-state index contributed by atoms with van der Waals surface area (Å²) in [6.07, 6.45) is 0. The second-order valence-corrected chi connectivity index (χ2v) is 7.13. The lowest BCUT2D eigenvalue weighted by atomic mass is 10.3. The minimum atomic E-state index is -3.91. The Kier molecular flexibility index (Phi) is 5.35. The van der Waals surface area contributed by atoms with Crippen molar-refractivity contribution in [1.29, 1.82) is 0 Å². The first-order valence-corrected chi connectivity index (χ1v) is 8.29. The minimum Gasteiger partial charge on any atom is -0.426 e. The van der Waals surface area contributed by atoms with Gasteiger partial charge in [-0.25, -0.2) is 12.8 Å². The molecule has 23 heavy (non-hydrogen) atoms. The number of halogens is 2. The number of sulfonamides is 1. The van der Waals surface area contributed by atoms with Crippen molar-refractivity contribution in [2.75, 3.05) is 13.6 Å². The van der Waals surface area contributed by atoms with Crippen LogP contribution in [-0.4, -0.2) is 32.3 Å². The highest BCUT2D eigenvalue weighted by Gasteiger charge is 2.23. The maximum atomic E-state index is 12.9. The van der Waals surface area contributed by atoms with Gasteiger partial charge in [-0.05, 0) is 42.5 Å². The molecule has 0 bridgehead atoms. The molecular formula is C15H13ClFNO4S. The Bertz CT molecular complexity index is 808. The molecule has 5 nitrogen and oxygen atoms in total. The summed E-state index contributed by atoms with van der Waals surface area (Å²) in [6, 6.07) is 10.5. The average Bonchev–Trinajstić information content (AvgIpc) is 2.47. The number of ether oxygens (including phenoxy) is 1. The van der Waals surface area contributed by atoms with Crippen molar-refractivity contribution in [2.45, 2.75) is 4.90 Å². The molecule has 0 atom stereocenters. The number of esters is 1. The number of rotatable bonds is 5. The first kappa shape index (κ1) is 17.4. The van der Waals surface area contributed by atoms with Crippen LogP contribution in [-0.2, 0) is 14.8 Å². The van der Waals surface area contributed by atoms with Gasteiger partial charge in [0.25, 0.3) is 0 Å². The van der Waals surface area contributed by atoms with Crippen LogP contribution >= 0.6 is 11.6 Å². The standard InChI is InChI=1S/C15H13ClFNO4S/c1-18(23(20,21)14-7-5-12(17)6-8-14)10-15(19)22-13-4-2-3-11(16)9-13/h2-9H,10H2,1H3. The third-order valence-corrected chi connectivity index (χ3v) is 4.95. The quantitative estimate of drug-likeness (QED) is 0.609. The van der Waals surface area contributed by atoms with Gasteiger partial charge in [-0.2, -0.15) is 4.31 Å². The Morgan fingerprint density at radius 3 is 2.48 bits per heavy atom. The fourth-order valence-corrected chi connectivity index (χ4v) is 3.04. The van der Waals surface area contributed by atoms with Crippen LogP contribution in [0.3, 0.4) is 0 Å². The van der Waals surface area contributed by atoms with Crippen LogP contribution in [0.15, 0.2) is 53.4 Å². The van der Waals surface area contributed by atoms with Crippen molar-refractivity contribution >= 4 is 27.6 Å². The van der Waals surface area contributed by atoms with Gasteiger partial charge in [0.2, 0.25) is 10.0 Å². The SMILES string of the molecule is CN(CC(=O)Oc1cccc(Cl)c1)S(=O)(=O)c1ccc(F)cc1. The average molecular weight is 358 g/mol. The summed E-state index contributed by atoms with van der Waals surface area (Å²) in [6.45, 7) is -0.494. The molecule has 0 saturated carbocycles. The molecule has 0 aliphatic heterocycles. The van der Waals surface area contributed by atoms with Crippen LogP contribution in [0.25, 0.3) is 0 Å². The van der Waals surface area contributed by atoms with Gasteiger partial charge >= 0.3 is 5.97 Å². The zero-order valence-electron chi connectivity index (χ0n) is 12.1. The monoisotopic (exact) mass is 357 g/mol. The highest BCUT2D eigenvalue weighted by Crippen LogP contribution is 2.18. The smallest absolute Gasteiger partial charge is 0.326 e. The van der Waals surface area contributed by atoms with Crippen molar-refractivity contribution in [3.05, 3.63) is 59.4 Å². The molecular weight excluding hydrogens is 345 g/mol. The number of likely N-dealkylation sites (N-methyl/N-ethyl adjacent to an activating group) is 1. The molecule has 0 unspecified atom stereocenters. The van der Waals surface area contributed by atoms with Crippen LogP contribution in [0.4, 0.5) is 4.39 Å². The number of nitrogens with zero attached hydrogens (tertiary/aromatic N) is 1. The van der Waals surface area contributed by atoms with Crippen molar-refractivity contribution in [3.63, 3.8) is 0 Å². The second-order valence-electron chi connectivity index (χ2n) is 4.65. The van der Waals surface area contributed by atoms with Crippen LogP contribution in [0.2, 0.25) is 5.02 Å². The lowest BCUT2D eigenvalue weighted by molar-refractivity contribution is -0.134. The molecule has 0 N–H and O–H groups in total. The highest BCUT2D eigenvalue weighted by molar-refractivity contribution is 7.89. The van der Waals surface area contributed by atoms with Gasteiger partial charge in [0, 0.05) is 12.1 Å². The zero-order chi connectivity index (χ0) is 17.0. The molecule has 0 heterocycles. The summed E-state index contributed by atoms with van der Waals surface area (Å²) in [5.41, 5.74) is 0. The molecule has 122 valence electrons. The Morgan fingerprint density at radius 2 is 1.87 bits per heavy atom. The molecule has 0 fully saturated rings. The molecule has 0 aliphatic carbocycles. The lowest BCUT2D eigenvalue weighted by Gasteiger charge is -2.16. The van der Waals surface area contributed by atoms with E-state index in [1.807, 2.05) is 0 Å². The molecule has 0 spiro atoms. The normalized spacial score (nSPS) is 11.5. The predicted molar refractivity (Wildman–Crippen MR) is 83.3 cm³/mol. The van der Waals surface area contributed by atoms with Crippen molar-refractivity contribution < 1.29 is 22.3 Å². The maximum Gasteiger partial charge on any atom is 0.326 e. The van der Waals surface area contributed by atoms with Crippen LogP contribution < -0.4 is 4.74 Å². The fraction of sp³-hybridized carbons (Fsp3) is 0.133. The van der Waals surface area contributed by atoms with Crippen LogP contribution in [0, 0.1) is 5.82 Å². The highest BCUT2D eigenvalue weighted by atomic mass is 35.5. The zero-order valence-corrected chi connectivity index (χ0v) is 13.6. The Morgan fingerprint density at radius 1 is 1.22 bits per heavy atom. The van der Waals surface area contributed by atoms with E-state index in [0.29, 0.717) is 5.02 Å². The Hall–Kier alpha value is -1.96. The maximum absolute atomic E-state index is 12.9. The fourth-order valence-electron chi connectivity index (χ4n) is 1.75. The molecule has 0 aliphatic rings. The summed E-state index contributed by atoms with van der Waals surface area (Å²) >= 11 is 5.77. The molecule has 0 aromatic heterocycles. The van der Waals surface area contributed by atoms with E-state index in [-0.39, 0.29) is 10.6 Å². The van der Waals surface area contributed by atoms with Crippen LogP contribution in [0.1, 0.15) is 0 Å². The molecule has 2 rings (SSSR count). The summed E-state index contributed by atoms with van der Waals surface area (Å²) in [7, 11) is -2.68. The topological polar surface area (TPSA) is 63.7 Å². The summed E-state index contributed by atoms with van der Waals surface area (Å²) in [5.74, 6) is -1.09. The van der Waals surface area contributed by atoms with E-state index in [1.54, 1.807) is 12.1 Å². The predicted octanol–water partition coefficient (Wildman–Crippen LogP) is 2.71. The number of carbonyl (C=O) groups is 1. The largest absolute Gasteiger partial charge is 0.426 e. The molecule has 0 radical (unpaired) electrons. The van der Waals surface area contributed by atoms with Crippen LogP contribution in [0.5, 0.6) is 5.75 Å². The summed E-state index contributed by atoms with van der Waals surface area (Å²) < 4.78 is 43.2. The van der Waals surface area contributed by atoms with Gasteiger partial charge in [-0.1, -0.05) is 17.7 Å². The van der Waals surface area contributed by atoms with E-state index in [2.05, 4.69) is 0 Å². The number of hydrogen-bond acceptors (Lipinski definition) is 4. The van der Waals surface area contributed by atoms with Gasteiger partial charge in [0.15, 0.2) is 0 Å². The van der Waals surface area contributed by atoms with Gasteiger partial charge in [0.05, 0.1) is 4.90 Å². The number of carbonyl (C=O) groups excluding carboxylic acids is 1. The number of hydrogen-bond donors (Lipinski definition) is 0. The number of benzene rings is 2. The molecule has 8 heteroatoms. The second kappa shape index (κ2) is 7.08. The molecule has 0 amide bonds. The van der Waals surface area contributed by atoms with Crippen molar-refractivity contribution in [2.24, 2.45) is 0 Å². The van der Waals surface area contributed by atoms with E-state index < -0.39 is 28.4 Å². The third kappa shape index (κ3) is 4.51. The summed E-state index contributed by atoms with van der Waals surface area (Å²) in [4.78, 5) is 11.7. The van der Waals surface area contributed by atoms with E-state index >= 15 is 0 Å². The molecule has 2 aromatic rings. The molecule has 0 saturated heterocycles. The summed E-state index contributed by atoms with van der Waals surface area (Å²) in [5, 5.41) is 0.391.